The number of ether oxygens (including phenoxy) is 2. The zero-order chi connectivity index (χ0) is 16.1. The predicted molar refractivity (Wildman–Crippen MR) is 89.9 cm³/mol. The molecule has 0 radical (unpaired) electrons. The van der Waals surface area contributed by atoms with Gasteiger partial charge in [-0.15, -0.1) is 0 Å². The fraction of sp³-hybridized carbons (Fsp3) is 0.632. The molecule has 2 aliphatic rings. The Morgan fingerprint density at radius 2 is 1.96 bits per heavy atom. The number of amides is 1. The molecule has 1 unspecified atom stereocenters. The van der Waals surface area contributed by atoms with E-state index in [-0.39, 0.29) is 12.0 Å². The normalized spacial score (nSPS) is 22.0. The number of nitrogens with zero attached hydrogens (tertiary/aromatic N) is 1. The van der Waals surface area contributed by atoms with Crippen molar-refractivity contribution >= 4 is 5.91 Å². The van der Waals surface area contributed by atoms with Crippen LogP contribution >= 0.6 is 0 Å². The predicted octanol–water partition coefficient (Wildman–Crippen LogP) is 3.65. The van der Waals surface area contributed by atoms with E-state index in [1.54, 1.807) is 0 Å². The van der Waals surface area contributed by atoms with Crippen LogP contribution in [0.5, 0.6) is 5.75 Å². The Kier molecular flexibility index (Phi) is 5.55. The van der Waals surface area contributed by atoms with Gasteiger partial charge in [0, 0.05) is 19.7 Å². The topological polar surface area (TPSA) is 38.8 Å². The molecule has 1 aromatic rings. The quantitative estimate of drug-likeness (QED) is 0.832. The minimum atomic E-state index is 0.0693. The van der Waals surface area contributed by atoms with Crippen molar-refractivity contribution in [2.45, 2.75) is 57.1 Å². The molecule has 2 fully saturated rings. The number of hydrogen-bond acceptors (Lipinski definition) is 3. The van der Waals surface area contributed by atoms with Crippen LogP contribution in [0, 0.1) is 0 Å². The van der Waals surface area contributed by atoms with Crippen molar-refractivity contribution in [2.75, 3.05) is 20.3 Å². The number of para-hydroxylation sites is 1. The molecule has 0 N–H and O–H groups in total. The fourth-order valence-corrected chi connectivity index (χ4v) is 3.55. The Balaban J connectivity index is 1.66. The summed E-state index contributed by atoms with van der Waals surface area (Å²) in [6.07, 6.45) is 8.26. The fourth-order valence-electron chi connectivity index (χ4n) is 3.55. The zero-order valence-corrected chi connectivity index (χ0v) is 14.0. The highest BCUT2D eigenvalue weighted by Crippen LogP contribution is 2.26. The molecule has 3 rings (SSSR count). The lowest BCUT2D eigenvalue weighted by Gasteiger charge is -2.31. The first-order valence-electron chi connectivity index (χ1n) is 8.86. The zero-order valence-electron chi connectivity index (χ0n) is 14.0. The van der Waals surface area contributed by atoms with Gasteiger partial charge < -0.3 is 14.4 Å². The van der Waals surface area contributed by atoms with Gasteiger partial charge in [-0.05, 0) is 37.8 Å². The van der Waals surface area contributed by atoms with Gasteiger partial charge in [0.2, 0.25) is 0 Å². The van der Waals surface area contributed by atoms with Crippen molar-refractivity contribution in [3.05, 3.63) is 29.8 Å². The Morgan fingerprint density at radius 1 is 1.17 bits per heavy atom. The molecule has 1 aliphatic heterocycles. The molecule has 4 heteroatoms. The van der Waals surface area contributed by atoms with E-state index in [2.05, 4.69) is 0 Å². The van der Waals surface area contributed by atoms with Crippen LogP contribution in [0.15, 0.2) is 24.3 Å². The van der Waals surface area contributed by atoms with Crippen LogP contribution in [0.4, 0.5) is 0 Å². The summed E-state index contributed by atoms with van der Waals surface area (Å²) < 4.78 is 11.5. The van der Waals surface area contributed by atoms with E-state index in [9.17, 15) is 4.79 Å². The molecule has 23 heavy (non-hydrogen) atoms. The first kappa shape index (κ1) is 16.3. The molecular formula is C19H27NO3. The van der Waals surface area contributed by atoms with Crippen molar-refractivity contribution in [3.8, 4) is 5.75 Å². The summed E-state index contributed by atoms with van der Waals surface area (Å²) in [4.78, 5) is 14.8. The lowest BCUT2D eigenvalue weighted by Crippen LogP contribution is -2.38. The number of carbonyl (C=O) groups is 1. The highest BCUT2D eigenvalue weighted by Gasteiger charge is 2.25. The monoisotopic (exact) mass is 317 g/mol. The van der Waals surface area contributed by atoms with Crippen molar-refractivity contribution in [3.63, 3.8) is 0 Å². The van der Waals surface area contributed by atoms with Crippen molar-refractivity contribution in [2.24, 2.45) is 0 Å². The Morgan fingerprint density at radius 3 is 2.70 bits per heavy atom. The average Bonchev–Trinajstić information content (AvgIpc) is 3.13. The number of hydrogen-bond donors (Lipinski definition) is 0. The largest absolute Gasteiger partial charge is 0.490 e. The summed E-state index contributed by atoms with van der Waals surface area (Å²) in [7, 11) is 1.93. The van der Waals surface area contributed by atoms with Gasteiger partial charge in [-0.3, -0.25) is 4.79 Å². The standard InChI is InChI=1S/C19H27NO3/c1-20(15-8-3-2-4-9-15)19(21)17-11-5-6-12-18(17)23-14-16-10-7-13-22-16/h5-6,11-12,15-16H,2-4,7-10,13-14H2,1H3. The lowest BCUT2D eigenvalue weighted by atomic mass is 9.94. The second-order valence-corrected chi connectivity index (χ2v) is 6.65. The van der Waals surface area contributed by atoms with Gasteiger partial charge in [-0.25, -0.2) is 0 Å². The minimum absolute atomic E-state index is 0.0693. The van der Waals surface area contributed by atoms with Crippen LogP contribution in [-0.2, 0) is 4.74 Å². The summed E-state index contributed by atoms with van der Waals surface area (Å²) in [6.45, 7) is 1.34. The highest BCUT2D eigenvalue weighted by atomic mass is 16.5. The van der Waals surface area contributed by atoms with E-state index >= 15 is 0 Å². The first-order valence-corrected chi connectivity index (χ1v) is 8.86. The third kappa shape index (κ3) is 4.05. The maximum Gasteiger partial charge on any atom is 0.257 e. The molecule has 0 spiro atoms. The van der Waals surface area contributed by atoms with Gasteiger partial charge in [-0.1, -0.05) is 31.4 Å². The Hall–Kier alpha value is -1.55. The molecule has 126 valence electrons. The highest BCUT2D eigenvalue weighted by molar-refractivity contribution is 5.97. The van der Waals surface area contributed by atoms with Gasteiger partial charge in [-0.2, -0.15) is 0 Å². The van der Waals surface area contributed by atoms with Crippen LogP contribution in [0.25, 0.3) is 0 Å². The Labute approximate surface area is 138 Å². The number of carbonyl (C=O) groups excluding carboxylic acids is 1. The first-order chi connectivity index (χ1) is 11.3. The Bertz CT molecular complexity index is 519. The second kappa shape index (κ2) is 7.82. The van der Waals surface area contributed by atoms with Crippen LogP contribution in [-0.4, -0.2) is 43.2 Å². The summed E-state index contributed by atoms with van der Waals surface area (Å²) in [6, 6.07) is 7.94. The molecule has 1 saturated heterocycles. The van der Waals surface area contributed by atoms with E-state index in [1.807, 2.05) is 36.2 Å². The molecular weight excluding hydrogens is 290 g/mol. The average molecular weight is 317 g/mol. The maximum absolute atomic E-state index is 12.9. The van der Waals surface area contributed by atoms with Crippen molar-refractivity contribution in [1.82, 2.24) is 4.90 Å². The van der Waals surface area contributed by atoms with Crippen molar-refractivity contribution in [1.29, 1.82) is 0 Å². The second-order valence-electron chi connectivity index (χ2n) is 6.65. The molecule has 1 aliphatic carbocycles. The SMILES string of the molecule is CN(C(=O)c1ccccc1OCC1CCCO1)C1CCCCC1. The molecule has 1 atom stereocenters. The third-order valence-electron chi connectivity index (χ3n) is 5.01. The molecule has 0 aromatic heterocycles. The lowest BCUT2D eigenvalue weighted by molar-refractivity contribution is 0.0631. The number of rotatable bonds is 5. The van der Waals surface area contributed by atoms with E-state index in [0.29, 0.717) is 24.0 Å². The van der Waals surface area contributed by atoms with Crippen molar-refractivity contribution < 1.29 is 14.3 Å². The smallest absolute Gasteiger partial charge is 0.257 e. The summed E-state index contributed by atoms with van der Waals surface area (Å²) in [5.41, 5.74) is 0.665. The van der Waals surface area contributed by atoms with E-state index in [1.165, 1.54) is 19.3 Å². The van der Waals surface area contributed by atoms with Gasteiger partial charge in [0.15, 0.2) is 0 Å². The van der Waals surface area contributed by atoms with Gasteiger partial charge in [0.05, 0.1) is 11.7 Å². The molecule has 1 amide bonds. The van der Waals surface area contributed by atoms with E-state index in [4.69, 9.17) is 9.47 Å². The van der Waals surface area contributed by atoms with E-state index < -0.39 is 0 Å². The third-order valence-corrected chi connectivity index (χ3v) is 5.01. The van der Waals surface area contributed by atoms with Gasteiger partial charge >= 0.3 is 0 Å². The van der Waals surface area contributed by atoms with Gasteiger partial charge in [0.1, 0.15) is 12.4 Å². The molecule has 1 saturated carbocycles. The van der Waals surface area contributed by atoms with Crippen LogP contribution in [0.1, 0.15) is 55.3 Å². The van der Waals surface area contributed by atoms with Crippen LogP contribution in [0.2, 0.25) is 0 Å². The molecule has 1 aromatic carbocycles. The van der Waals surface area contributed by atoms with E-state index in [0.717, 1.165) is 32.3 Å². The summed E-state index contributed by atoms with van der Waals surface area (Å²) >= 11 is 0. The van der Waals surface area contributed by atoms with Gasteiger partial charge in [0.25, 0.3) is 5.91 Å². The molecule has 4 nitrogen and oxygen atoms in total. The summed E-state index contributed by atoms with van der Waals surface area (Å²) in [5.74, 6) is 0.746. The molecule has 1 heterocycles. The maximum atomic E-state index is 12.9. The molecule has 0 bridgehead atoms. The van der Waals surface area contributed by atoms with Crippen LogP contribution in [0.3, 0.4) is 0 Å². The number of benzene rings is 1. The minimum Gasteiger partial charge on any atom is -0.490 e. The van der Waals surface area contributed by atoms with Crippen LogP contribution < -0.4 is 4.74 Å². The summed E-state index contributed by atoms with van der Waals surface area (Å²) in [5, 5.41) is 0.